The fraction of sp³-hybridized carbons (Fsp3) is 0.500. The number of phosphoric acid groups is 1. The number of aromatic nitrogens is 8. The SMILES string of the molecule is O=P1(O)OCC2O[C@@H]3[C@H](F)[C@@H]2O[P@@](O)(=S)OC[C@H]2O[C@H]([C@H](F)[C@@H]2O1)n1cnc2c(ncnc21)NC/C=C/CNc1ncnc2c1ncn23. The summed E-state index contributed by atoms with van der Waals surface area (Å²) in [6.45, 7) is -5.09. The molecule has 0 amide bonds. The molecule has 2 unspecified atom stereocenters. The standard InChI is InChI=1S/C24H26F2N10O9P2S/c25-13-17-12-6-41-47(39,48)45-18-11(5-40-46(37,38)44-17)42-24(14(18)26)36-10-34-16-20(30-8-32-22(16)36)28-4-2-1-3-27-19-15-21(31-7-29-19)35(9-33-15)23(13)43-12/h1-2,7-14,17-18,23-24H,3-6H2,(H,37,38)(H,39,48)(H,27,29,31)(H,28,30,32)/b2-1+/t11?,12-,13-,14-,17-,18-,23-,24-,47+/m1/s1. The number of hydrogen-bond donors (Lipinski definition) is 4. The summed E-state index contributed by atoms with van der Waals surface area (Å²) in [5, 5.41) is 6.25. The fourth-order valence-corrected chi connectivity index (χ4v) is 8.27. The molecule has 14 bridgehead atoms. The number of halogens is 2. The third-order valence-corrected chi connectivity index (χ3v) is 10.6. The van der Waals surface area contributed by atoms with E-state index in [0.29, 0.717) is 30.2 Å². The first-order chi connectivity index (χ1) is 23.1. The Morgan fingerprint density at radius 2 is 1.27 bits per heavy atom. The van der Waals surface area contributed by atoms with Crippen molar-refractivity contribution >= 4 is 60.3 Å². The molecule has 0 aromatic carbocycles. The van der Waals surface area contributed by atoms with Gasteiger partial charge in [-0.25, -0.2) is 43.2 Å². The van der Waals surface area contributed by atoms with E-state index in [1.54, 1.807) is 0 Å². The number of nitrogens with one attached hydrogen (secondary N) is 2. The van der Waals surface area contributed by atoms with Crippen molar-refractivity contribution in [3.8, 4) is 0 Å². The molecule has 24 heteroatoms. The summed E-state index contributed by atoms with van der Waals surface area (Å²) in [5.74, 6) is 0.703. The molecular formula is C24H26F2N10O9P2S. The lowest BCUT2D eigenvalue weighted by Gasteiger charge is -2.28. The van der Waals surface area contributed by atoms with Crippen molar-refractivity contribution in [1.82, 2.24) is 39.0 Å². The van der Waals surface area contributed by atoms with Crippen molar-refractivity contribution in [1.29, 1.82) is 0 Å². The van der Waals surface area contributed by atoms with E-state index < -0.39 is 77.0 Å². The molecule has 19 nitrogen and oxygen atoms in total. The summed E-state index contributed by atoms with van der Waals surface area (Å²) in [4.78, 5) is 47.3. The van der Waals surface area contributed by atoms with Crippen LogP contribution in [0.3, 0.4) is 0 Å². The minimum Gasteiger partial charge on any atom is -0.365 e. The highest BCUT2D eigenvalue weighted by molar-refractivity contribution is 8.07. The van der Waals surface area contributed by atoms with Crippen molar-refractivity contribution < 1.29 is 50.7 Å². The molecule has 5 aliphatic heterocycles. The van der Waals surface area contributed by atoms with Gasteiger partial charge in [-0.2, -0.15) is 0 Å². The van der Waals surface area contributed by atoms with E-state index in [9.17, 15) is 14.4 Å². The minimum absolute atomic E-state index is 0.179. The predicted molar refractivity (Wildman–Crippen MR) is 162 cm³/mol. The molecule has 5 aliphatic rings. The Hall–Kier alpha value is -3.14. The molecule has 256 valence electrons. The highest BCUT2D eigenvalue weighted by Crippen LogP contribution is 2.54. The molecule has 9 heterocycles. The topological polar surface area (TPSA) is 224 Å². The summed E-state index contributed by atoms with van der Waals surface area (Å²) in [6.07, 6.45) is -4.66. The predicted octanol–water partition coefficient (Wildman–Crippen LogP) is 1.67. The Labute approximate surface area is 273 Å². The highest BCUT2D eigenvalue weighted by Gasteiger charge is 2.54. The first-order valence-corrected chi connectivity index (χ1v) is 18.6. The lowest BCUT2D eigenvalue weighted by atomic mass is 10.1. The molecule has 10 atom stereocenters. The smallest absolute Gasteiger partial charge is 0.365 e. The number of anilines is 2. The molecule has 0 aliphatic carbocycles. The highest BCUT2D eigenvalue weighted by atomic mass is 32.5. The van der Waals surface area contributed by atoms with Crippen LogP contribution in [0, 0.1) is 0 Å². The largest absolute Gasteiger partial charge is 0.472 e. The van der Waals surface area contributed by atoms with Crippen molar-refractivity contribution in [2.24, 2.45) is 0 Å². The minimum atomic E-state index is -5.07. The van der Waals surface area contributed by atoms with Crippen LogP contribution in [0.1, 0.15) is 12.5 Å². The van der Waals surface area contributed by atoms with Crippen molar-refractivity contribution in [3.05, 3.63) is 37.5 Å². The van der Waals surface area contributed by atoms with Crippen LogP contribution in [0.15, 0.2) is 37.5 Å². The van der Waals surface area contributed by atoms with Gasteiger partial charge in [0.25, 0.3) is 0 Å². The van der Waals surface area contributed by atoms with Crippen LogP contribution >= 0.6 is 14.5 Å². The number of alkyl halides is 2. The summed E-state index contributed by atoms with van der Waals surface area (Å²) >= 11 is 5.19. The van der Waals surface area contributed by atoms with E-state index in [0.717, 1.165) is 0 Å². The first-order valence-electron chi connectivity index (χ1n) is 14.5. The maximum atomic E-state index is 16.2. The van der Waals surface area contributed by atoms with Gasteiger partial charge in [-0.05, 0) is 11.8 Å². The van der Waals surface area contributed by atoms with Gasteiger partial charge in [0.2, 0.25) is 0 Å². The number of phosphoric ester groups is 1. The molecule has 4 N–H and O–H groups in total. The number of nitrogens with zero attached hydrogens (tertiary/aromatic N) is 8. The van der Waals surface area contributed by atoms with Gasteiger partial charge in [-0.15, -0.1) is 0 Å². The van der Waals surface area contributed by atoms with Crippen molar-refractivity contribution in [2.75, 3.05) is 36.9 Å². The van der Waals surface area contributed by atoms with E-state index in [1.165, 1.54) is 34.4 Å². The van der Waals surface area contributed by atoms with Gasteiger partial charge in [-0.3, -0.25) is 22.7 Å². The fourth-order valence-electron chi connectivity index (χ4n) is 5.87. The number of hydrogen-bond acceptors (Lipinski definition) is 16. The number of fused-ring (bicyclic) bond motifs is 10. The molecule has 4 aromatic heterocycles. The molecule has 3 fully saturated rings. The van der Waals surface area contributed by atoms with E-state index in [2.05, 4.69) is 40.5 Å². The van der Waals surface area contributed by atoms with Crippen LogP contribution in [0.5, 0.6) is 0 Å². The molecule has 9 rings (SSSR count). The zero-order valence-corrected chi connectivity index (χ0v) is 26.9. The lowest BCUT2D eigenvalue weighted by molar-refractivity contribution is -0.0623. The second-order valence-corrected chi connectivity index (χ2v) is 15.2. The quantitative estimate of drug-likeness (QED) is 0.149. The van der Waals surface area contributed by atoms with E-state index in [-0.39, 0.29) is 16.8 Å². The summed E-state index contributed by atoms with van der Waals surface area (Å²) < 4.78 is 81.4. The van der Waals surface area contributed by atoms with Gasteiger partial charge in [0.15, 0.2) is 58.8 Å². The summed E-state index contributed by atoms with van der Waals surface area (Å²) in [7, 11) is -5.07. The molecule has 0 spiro atoms. The van der Waals surface area contributed by atoms with E-state index in [4.69, 9.17) is 39.4 Å². The Morgan fingerprint density at radius 3 is 1.81 bits per heavy atom. The van der Waals surface area contributed by atoms with Crippen molar-refractivity contribution in [3.63, 3.8) is 0 Å². The number of ether oxygens (including phenoxy) is 2. The third kappa shape index (κ3) is 5.79. The molecular weight excluding hydrogens is 704 g/mol. The Balaban J connectivity index is 1.21. The lowest BCUT2D eigenvalue weighted by Crippen LogP contribution is -2.37. The zero-order valence-electron chi connectivity index (χ0n) is 24.3. The van der Waals surface area contributed by atoms with E-state index in [1.807, 2.05) is 12.2 Å². The van der Waals surface area contributed by atoms with Crippen LogP contribution in [0.2, 0.25) is 0 Å². The third-order valence-electron chi connectivity index (χ3n) is 8.05. The molecule has 48 heavy (non-hydrogen) atoms. The average Bonchev–Trinajstić information content (AvgIpc) is 3.81. The molecule has 0 saturated carbocycles. The Bertz CT molecular complexity index is 1850. The molecule has 0 radical (unpaired) electrons. The maximum Gasteiger partial charge on any atom is 0.472 e. The second-order valence-electron chi connectivity index (χ2n) is 11.0. The number of rotatable bonds is 0. The molecule has 3 saturated heterocycles. The zero-order chi connectivity index (χ0) is 33.2. The van der Waals surface area contributed by atoms with Crippen LogP contribution in [-0.2, 0) is 43.9 Å². The monoisotopic (exact) mass is 730 g/mol. The van der Waals surface area contributed by atoms with Gasteiger partial charge in [-0.1, -0.05) is 12.2 Å². The summed E-state index contributed by atoms with van der Waals surface area (Å²) in [6, 6.07) is 0. The maximum absolute atomic E-state index is 16.2. The van der Waals surface area contributed by atoms with Gasteiger partial charge in [0.05, 0.1) is 25.9 Å². The van der Waals surface area contributed by atoms with Crippen LogP contribution < -0.4 is 10.6 Å². The normalized spacial score (nSPS) is 38.0. The van der Waals surface area contributed by atoms with Gasteiger partial charge in [0.1, 0.15) is 37.1 Å². The second kappa shape index (κ2) is 12.3. The Kier molecular flexibility index (Phi) is 8.24. The first kappa shape index (κ1) is 32.1. The van der Waals surface area contributed by atoms with E-state index >= 15 is 8.78 Å². The van der Waals surface area contributed by atoms with Gasteiger partial charge in [0, 0.05) is 13.1 Å². The number of imidazole rings is 2. The van der Waals surface area contributed by atoms with Crippen LogP contribution in [-0.4, -0.2) is 112 Å². The van der Waals surface area contributed by atoms with Gasteiger partial charge >= 0.3 is 14.5 Å². The van der Waals surface area contributed by atoms with Gasteiger partial charge < -0.3 is 34.4 Å². The Morgan fingerprint density at radius 1 is 0.771 bits per heavy atom. The average molecular weight is 731 g/mol. The van der Waals surface area contributed by atoms with Crippen molar-refractivity contribution in [2.45, 2.75) is 49.2 Å². The van der Waals surface area contributed by atoms with Crippen LogP contribution in [0.25, 0.3) is 22.3 Å². The van der Waals surface area contributed by atoms with Crippen LogP contribution in [0.4, 0.5) is 20.4 Å². The summed E-state index contributed by atoms with van der Waals surface area (Å²) in [5.41, 5.74) is 0.955. The molecule has 4 aromatic rings.